The number of hydrogen-bond donors (Lipinski definition) is 1. The molecule has 1 saturated heterocycles. The Hall–Kier alpha value is -2.77. The fourth-order valence-corrected chi connectivity index (χ4v) is 5.42. The van der Waals surface area contributed by atoms with Crippen LogP contribution in [0.4, 0.5) is 11.4 Å². The Kier molecular flexibility index (Phi) is 5.34. The van der Waals surface area contributed by atoms with Gasteiger partial charge in [-0.05, 0) is 48.9 Å². The van der Waals surface area contributed by atoms with E-state index in [0.29, 0.717) is 11.4 Å². The minimum atomic E-state index is -3.64. The van der Waals surface area contributed by atoms with Gasteiger partial charge in [-0.15, -0.1) is 11.8 Å². The summed E-state index contributed by atoms with van der Waals surface area (Å²) in [6.45, 7) is 1.91. The molecule has 0 bridgehead atoms. The molecule has 1 aliphatic heterocycles. The molecular weight excluding hydrogens is 404 g/mol. The lowest BCUT2D eigenvalue weighted by Gasteiger charge is -2.24. The molecule has 1 N–H and O–H groups in total. The normalized spacial score (nSPS) is 16.8. The Morgan fingerprint density at radius 1 is 0.931 bits per heavy atom. The molecule has 1 heterocycles. The minimum Gasteiger partial charge on any atom is -0.295 e. The van der Waals surface area contributed by atoms with Crippen LogP contribution in [0, 0.1) is 6.92 Å². The van der Waals surface area contributed by atoms with Crippen LogP contribution in [0.1, 0.15) is 16.5 Å². The molecule has 1 amide bonds. The Morgan fingerprint density at radius 3 is 2.24 bits per heavy atom. The van der Waals surface area contributed by atoms with Gasteiger partial charge in [0.05, 0.1) is 10.6 Å². The average Bonchev–Trinajstić information content (AvgIpc) is 3.11. The summed E-state index contributed by atoms with van der Waals surface area (Å²) in [7, 11) is -3.64. The van der Waals surface area contributed by atoms with E-state index in [-0.39, 0.29) is 16.2 Å². The van der Waals surface area contributed by atoms with Gasteiger partial charge in [-0.2, -0.15) is 0 Å². The SMILES string of the molecule is Cc1ccc(S(=O)(=O)Nc2ccc(C3SCC(=O)N3c3ccccc3)cc2)cc1. The third-order valence-corrected chi connectivity index (χ3v) is 7.29. The minimum absolute atomic E-state index is 0.0651. The predicted octanol–water partition coefficient (Wildman–Crippen LogP) is 4.57. The van der Waals surface area contributed by atoms with E-state index in [1.807, 2.05) is 49.4 Å². The number of para-hydroxylation sites is 1. The maximum Gasteiger partial charge on any atom is 0.261 e. The number of rotatable bonds is 5. The van der Waals surface area contributed by atoms with Crippen molar-refractivity contribution in [1.82, 2.24) is 0 Å². The Bertz CT molecular complexity index is 1110. The first-order valence-corrected chi connectivity index (χ1v) is 11.7. The summed E-state index contributed by atoms with van der Waals surface area (Å²) in [5.74, 6) is 0.483. The predicted molar refractivity (Wildman–Crippen MR) is 118 cm³/mol. The van der Waals surface area contributed by atoms with E-state index in [1.54, 1.807) is 53.1 Å². The van der Waals surface area contributed by atoms with Crippen LogP contribution in [-0.2, 0) is 14.8 Å². The van der Waals surface area contributed by atoms with Crippen molar-refractivity contribution in [2.45, 2.75) is 17.2 Å². The second-order valence-corrected chi connectivity index (χ2v) is 9.55. The number of benzene rings is 3. The number of nitrogens with zero attached hydrogens (tertiary/aromatic N) is 1. The third-order valence-electron chi connectivity index (χ3n) is 4.68. The number of carbonyl (C=O) groups is 1. The lowest BCUT2D eigenvalue weighted by Crippen LogP contribution is -2.27. The first-order valence-electron chi connectivity index (χ1n) is 9.12. The molecule has 0 radical (unpaired) electrons. The second-order valence-electron chi connectivity index (χ2n) is 6.80. The molecule has 0 spiro atoms. The van der Waals surface area contributed by atoms with Gasteiger partial charge < -0.3 is 0 Å². The van der Waals surface area contributed by atoms with Crippen LogP contribution in [0.5, 0.6) is 0 Å². The number of amides is 1. The van der Waals surface area contributed by atoms with Crippen molar-refractivity contribution < 1.29 is 13.2 Å². The number of nitrogens with one attached hydrogen (secondary N) is 1. The molecule has 7 heteroatoms. The Balaban J connectivity index is 1.55. The van der Waals surface area contributed by atoms with Crippen LogP contribution in [0.15, 0.2) is 83.8 Å². The fourth-order valence-electron chi connectivity index (χ4n) is 3.19. The van der Waals surface area contributed by atoms with Crippen molar-refractivity contribution in [3.63, 3.8) is 0 Å². The van der Waals surface area contributed by atoms with Crippen LogP contribution >= 0.6 is 11.8 Å². The standard InChI is InChI=1S/C22H20N2O3S2/c1-16-7-13-20(14-8-16)29(26,27)23-18-11-9-17(10-12-18)22-24(21(25)15-28-22)19-5-3-2-4-6-19/h2-14,22-23H,15H2,1H3. The highest BCUT2D eigenvalue weighted by Crippen LogP contribution is 2.41. The molecule has 5 nitrogen and oxygen atoms in total. The zero-order chi connectivity index (χ0) is 20.4. The number of hydrogen-bond acceptors (Lipinski definition) is 4. The van der Waals surface area contributed by atoms with E-state index >= 15 is 0 Å². The zero-order valence-corrected chi connectivity index (χ0v) is 17.4. The summed E-state index contributed by atoms with van der Waals surface area (Å²) in [4.78, 5) is 14.4. The molecule has 0 saturated carbocycles. The van der Waals surface area contributed by atoms with Crippen LogP contribution in [0.25, 0.3) is 0 Å². The topological polar surface area (TPSA) is 66.5 Å². The first kappa shape index (κ1) is 19.5. The average molecular weight is 425 g/mol. The highest BCUT2D eigenvalue weighted by atomic mass is 32.2. The summed E-state index contributed by atoms with van der Waals surface area (Å²) < 4.78 is 27.7. The molecule has 29 heavy (non-hydrogen) atoms. The van der Waals surface area contributed by atoms with Crippen LogP contribution in [-0.4, -0.2) is 20.1 Å². The molecule has 0 aliphatic carbocycles. The molecule has 1 aliphatic rings. The maximum atomic E-state index is 12.6. The fraction of sp³-hybridized carbons (Fsp3) is 0.136. The van der Waals surface area contributed by atoms with Crippen molar-refractivity contribution in [3.05, 3.63) is 90.0 Å². The van der Waals surface area contributed by atoms with Crippen LogP contribution < -0.4 is 9.62 Å². The monoisotopic (exact) mass is 424 g/mol. The number of anilines is 2. The van der Waals surface area contributed by atoms with Crippen molar-refractivity contribution >= 4 is 39.1 Å². The summed E-state index contributed by atoms with van der Waals surface area (Å²) in [6, 6.07) is 23.5. The summed E-state index contributed by atoms with van der Waals surface area (Å²) >= 11 is 1.56. The largest absolute Gasteiger partial charge is 0.295 e. The van der Waals surface area contributed by atoms with E-state index in [9.17, 15) is 13.2 Å². The van der Waals surface area contributed by atoms with Crippen LogP contribution in [0.2, 0.25) is 0 Å². The molecular formula is C22H20N2O3S2. The van der Waals surface area contributed by atoms with E-state index < -0.39 is 10.0 Å². The van der Waals surface area contributed by atoms with Crippen molar-refractivity contribution in [1.29, 1.82) is 0 Å². The molecule has 148 valence electrons. The number of thioether (sulfide) groups is 1. The summed E-state index contributed by atoms with van der Waals surface area (Å²) in [5, 5.41) is -0.132. The van der Waals surface area contributed by atoms with E-state index in [2.05, 4.69) is 4.72 Å². The summed E-state index contributed by atoms with van der Waals surface area (Å²) in [5.41, 5.74) is 3.29. The van der Waals surface area contributed by atoms with E-state index in [4.69, 9.17) is 0 Å². The van der Waals surface area contributed by atoms with Gasteiger partial charge >= 0.3 is 0 Å². The van der Waals surface area contributed by atoms with Crippen molar-refractivity contribution in [2.75, 3.05) is 15.4 Å². The van der Waals surface area contributed by atoms with Gasteiger partial charge in [0.25, 0.3) is 10.0 Å². The van der Waals surface area contributed by atoms with Crippen molar-refractivity contribution in [3.8, 4) is 0 Å². The van der Waals surface area contributed by atoms with Gasteiger partial charge in [0.2, 0.25) is 5.91 Å². The van der Waals surface area contributed by atoms with Crippen molar-refractivity contribution in [2.24, 2.45) is 0 Å². The molecule has 1 atom stereocenters. The van der Waals surface area contributed by atoms with E-state index in [1.165, 1.54) is 0 Å². The molecule has 3 aromatic rings. The number of sulfonamides is 1. The number of aryl methyl sites for hydroxylation is 1. The summed E-state index contributed by atoms with van der Waals surface area (Å²) in [6.07, 6.45) is 0. The highest BCUT2D eigenvalue weighted by molar-refractivity contribution is 8.00. The molecule has 4 rings (SSSR count). The van der Waals surface area contributed by atoms with Gasteiger partial charge in [0.15, 0.2) is 0 Å². The number of carbonyl (C=O) groups excluding carboxylic acids is 1. The zero-order valence-electron chi connectivity index (χ0n) is 15.8. The maximum absolute atomic E-state index is 12.6. The first-order chi connectivity index (χ1) is 13.9. The van der Waals surface area contributed by atoms with Gasteiger partial charge in [-0.25, -0.2) is 8.42 Å². The Morgan fingerprint density at radius 2 is 1.59 bits per heavy atom. The van der Waals surface area contributed by atoms with Gasteiger partial charge in [0, 0.05) is 11.4 Å². The van der Waals surface area contributed by atoms with Gasteiger partial charge in [-0.1, -0.05) is 48.0 Å². The van der Waals surface area contributed by atoms with Gasteiger partial charge in [-0.3, -0.25) is 14.4 Å². The second kappa shape index (κ2) is 7.93. The smallest absolute Gasteiger partial charge is 0.261 e. The molecule has 1 fully saturated rings. The lowest BCUT2D eigenvalue weighted by molar-refractivity contribution is -0.115. The quantitative estimate of drug-likeness (QED) is 0.651. The highest BCUT2D eigenvalue weighted by Gasteiger charge is 2.33. The van der Waals surface area contributed by atoms with Crippen LogP contribution in [0.3, 0.4) is 0 Å². The molecule has 0 aromatic heterocycles. The third kappa shape index (κ3) is 4.16. The van der Waals surface area contributed by atoms with E-state index in [0.717, 1.165) is 16.8 Å². The van der Waals surface area contributed by atoms with Gasteiger partial charge in [0.1, 0.15) is 5.37 Å². The molecule has 3 aromatic carbocycles. The Labute approximate surface area is 174 Å². The lowest BCUT2D eigenvalue weighted by atomic mass is 10.1. The molecule has 1 unspecified atom stereocenters.